The SMILES string of the molecule is Cc1nc2ncnn2c(C)c1CCC(=O)Nc1ccc(C(=O)N2CCCC2)cc1. The van der Waals surface area contributed by atoms with Gasteiger partial charge in [-0.1, -0.05) is 0 Å². The molecule has 3 heterocycles. The first-order valence-corrected chi connectivity index (χ1v) is 9.88. The van der Waals surface area contributed by atoms with Gasteiger partial charge in [0.1, 0.15) is 6.33 Å². The van der Waals surface area contributed by atoms with Crippen LogP contribution < -0.4 is 5.32 Å². The fraction of sp³-hybridized carbons (Fsp3) is 0.381. The highest BCUT2D eigenvalue weighted by Crippen LogP contribution is 2.17. The molecule has 1 aromatic carbocycles. The van der Waals surface area contributed by atoms with E-state index in [0.717, 1.165) is 42.9 Å². The van der Waals surface area contributed by atoms with Crippen molar-refractivity contribution in [2.24, 2.45) is 0 Å². The van der Waals surface area contributed by atoms with E-state index in [1.165, 1.54) is 6.33 Å². The zero-order valence-corrected chi connectivity index (χ0v) is 16.7. The van der Waals surface area contributed by atoms with Crippen LogP contribution in [0.1, 0.15) is 46.6 Å². The van der Waals surface area contributed by atoms with E-state index in [2.05, 4.69) is 20.4 Å². The highest BCUT2D eigenvalue weighted by atomic mass is 16.2. The van der Waals surface area contributed by atoms with Gasteiger partial charge in [-0.2, -0.15) is 10.1 Å². The molecule has 0 saturated carbocycles. The van der Waals surface area contributed by atoms with Crippen LogP contribution in [-0.4, -0.2) is 49.4 Å². The summed E-state index contributed by atoms with van der Waals surface area (Å²) < 4.78 is 1.69. The van der Waals surface area contributed by atoms with E-state index in [1.54, 1.807) is 28.8 Å². The average molecular weight is 392 g/mol. The van der Waals surface area contributed by atoms with Gasteiger partial charge in [0.05, 0.1) is 0 Å². The summed E-state index contributed by atoms with van der Waals surface area (Å²) in [5.74, 6) is 0.542. The molecule has 1 N–H and O–H groups in total. The maximum atomic E-state index is 12.4. The fourth-order valence-corrected chi connectivity index (χ4v) is 3.78. The van der Waals surface area contributed by atoms with Crippen molar-refractivity contribution in [3.05, 3.63) is 53.1 Å². The van der Waals surface area contributed by atoms with Crippen LogP contribution >= 0.6 is 0 Å². The quantitative estimate of drug-likeness (QED) is 0.720. The molecule has 0 atom stereocenters. The van der Waals surface area contributed by atoms with E-state index >= 15 is 0 Å². The molecule has 1 fully saturated rings. The molecule has 150 valence electrons. The van der Waals surface area contributed by atoms with E-state index in [9.17, 15) is 9.59 Å². The number of hydrogen-bond donors (Lipinski definition) is 1. The van der Waals surface area contributed by atoms with E-state index in [-0.39, 0.29) is 11.8 Å². The standard InChI is InChI=1S/C21H24N6O2/c1-14-18(15(2)27-21(24-14)22-13-23-27)9-10-19(28)25-17-7-5-16(6-8-17)20(29)26-11-3-4-12-26/h5-8,13H,3-4,9-12H2,1-2H3,(H,25,28). The summed E-state index contributed by atoms with van der Waals surface area (Å²) in [6.07, 6.45) is 4.51. The second-order valence-electron chi connectivity index (χ2n) is 7.36. The van der Waals surface area contributed by atoms with Crippen molar-refractivity contribution in [2.75, 3.05) is 18.4 Å². The number of hydrogen-bond acceptors (Lipinski definition) is 5. The molecule has 8 nitrogen and oxygen atoms in total. The minimum atomic E-state index is -0.0823. The Morgan fingerprint density at radius 3 is 2.55 bits per heavy atom. The van der Waals surface area contributed by atoms with Gasteiger partial charge in [-0.25, -0.2) is 9.50 Å². The van der Waals surface area contributed by atoms with Gasteiger partial charge in [0.15, 0.2) is 0 Å². The van der Waals surface area contributed by atoms with Crippen LogP contribution in [0, 0.1) is 13.8 Å². The molecule has 4 rings (SSSR count). The second-order valence-corrected chi connectivity index (χ2v) is 7.36. The minimum absolute atomic E-state index is 0.0577. The molecule has 0 unspecified atom stereocenters. The third-order valence-electron chi connectivity index (χ3n) is 5.40. The number of amides is 2. The summed E-state index contributed by atoms with van der Waals surface area (Å²) in [6.45, 7) is 5.53. The lowest BCUT2D eigenvalue weighted by Gasteiger charge is -2.15. The molecular weight excluding hydrogens is 368 g/mol. The zero-order valence-electron chi connectivity index (χ0n) is 16.7. The Morgan fingerprint density at radius 2 is 1.83 bits per heavy atom. The molecule has 1 aliphatic rings. The van der Waals surface area contributed by atoms with Gasteiger partial charge in [-0.15, -0.1) is 0 Å². The lowest BCUT2D eigenvalue weighted by Crippen LogP contribution is -2.27. The smallest absolute Gasteiger partial charge is 0.253 e. The van der Waals surface area contributed by atoms with Crippen molar-refractivity contribution in [1.29, 1.82) is 0 Å². The van der Waals surface area contributed by atoms with Gasteiger partial charge in [-0.05, 0) is 62.9 Å². The molecule has 2 amide bonds. The third kappa shape index (κ3) is 3.96. The minimum Gasteiger partial charge on any atom is -0.339 e. The van der Waals surface area contributed by atoms with Crippen LogP contribution in [0.5, 0.6) is 0 Å². The number of anilines is 1. The highest BCUT2D eigenvalue weighted by molar-refractivity contribution is 5.96. The summed E-state index contributed by atoms with van der Waals surface area (Å²) in [5, 5.41) is 7.08. The van der Waals surface area contributed by atoms with Crippen molar-refractivity contribution in [3.63, 3.8) is 0 Å². The Balaban J connectivity index is 1.37. The molecule has 0 spiro atoms. The number of aromatic nitrogens is 4. The van der Waals surface area contributed by atoms with Crippen LogP contribution in [0.15, 0.2) is 30.6 Å². The maximum Gasteiger partial charge on any atom is 0.253 e. The maximum absolute atomic E-state index is 12.4. The molecule has 0 bridgehead atoms. The number of benzene rings is 1. The lowest BCUT2D eigenvalue weighted by atomic mass is 10.1. The molecule has 1 aliphatic heterocycles. The van der Waals surface area contributed by atoms with Gasteiger partial charge in [0, 0.05) is 42.1 Å². The van der Waals surface area contributed by atoms with Crippen LogP contribution in [0.3, 0.4) is 0 Å². The number of nitrogens with zero attached hydrogens (tertiary/aromatic N) is 5. The molecule has 0 aliphatic carbocycles. The predicted octanol–water partition coefficient (Wildman–Crippen LogP) is 2.55. The number of aryl methyl sites for hydroxylation is 2. The molecule has 1 saturated heterocycles. The number of nitrogens with one attached hydrogen (secondary N) is 1. The molecule has 2 aromatic heterocycles. The van der Waals surface area contributed by atoms with Gasteiger partial charge >= 0.3 is 0 Å². The van der Waals surface area contributed by atoms with Crippen molar-refractivity contribution in [2.45, 2.75) is 39.5 Å². The summed E-state index contributed by atoms with van der Waals surface area (Å²) in [7, 11) is 0. The van der Waals surface area contributed by atoms with Crippen molar-refractivity contribution in [3.8, 4) is 0 Å². The van der Waals surface area contributed by atoms with Gasteiger partial charge in [-0.3, -0.25) is 9.59 Å². The summed E-state index contributed by atoms with van der Waals surface area (Å²) in [5.41, 5.74) is 4.16. The van der Waals surface area contributed by atoms with E-state index in [1.807, 2.05) is 18.7 Å². The van der Waals surface area contributed by atoms with Crippen LogP contribution in [0.2, 0.25) is 0 Å². The fourth-order valence-electron chi connectivity index (χ4n) is 3.78. The number of rotatable bonds is 5. The summed E-state index contributed by atoms with van der Waals surface area (Å²) in [4.78, 5) is 35.2. The van der Waals surface area contributed by atoms with Gasteiger partial charge in [0.2, 0.25) is 5.91 Å². The topological polar surface area (TPSA) is 92.5 Å². The molecule has 0 radical (unpaired) electrons. The first-order valence-electron chi connectivity index (χ1n) is 9.88. The van der Waals surface area contributed by atoms with Crippen molar-refractivity contribution < 1.29 is 9.59 Å². The van der Waals surface area contributed by atoms with Gasteiger partial charge < -0.3 is 10.2 Å². The first kappa shape index (κ1) is 19.0. The van der Waals surface area contributed by atoms with E-state index < -0.39 is 0 Å². The Morgan fingerprint density at radius 1 is 1.10 bits per heavy atom. The Labute approximate surface area is 169 Å². The van der Waals surface area contributed by atoms with Crippen molar-refractivity contribution in [1.82, 2.24) is 24.5 Å². The summed E-state index contributed by atoms with van der Waals surface area (Å²) in [6, 6.07) is 7.10. The lowest BCUT2D eigenvalue weighted by molar-refractivity contribution is -0.116. The number of fused-ring (bicyclic) bond motifs is 1. The van der Waals surface area contributed by atoms with E-state index in [4.69, 9.17) is 0 Å². The number of carbonyl (C=O) groups is 2. The van der Waals surface area contributed by atoms with Crippen LogP contribution in [0.25, 0.3) is 5.78 Å². The molecule has 3 aromatic rings. The van der Waals surface area contributed by atoms with Crippen LogP contribution in [-0.2, 0) is 11.2 Å². The van der Waals surface area contributed by atoms with E-state index in [0.29, 0.717) is 29.9 Å². The normalized spacial score (nSPS) is 13.8. The molecule has 8 heteroatoms. The highest BCUT2D eigenvalue weighted by Gasteiger charge is 2.19. The monoisotopic (exact) mass is 392 g/mol. The number of carbonyl (C=O) groups excluding carboxylic acids is 2. The Kier molecular flexibility index (Phi) is 5.24. The third-order valence-corrected chi connectivity index (χ3v) is 5.40. The average Bonchev–Trinajstić information content (AvgIpc) is 3.40. The van der Waals surface area contributed by atoms with Crippen molar-refractivity contribution >= 4 is 23.3 Å². The predicted molar refractivity (Wildman–Crippen MR) is 109 cm³/mol. The van der Waals surface area contributed by atoms with Gasteiger partial charge in [0.25, 0.3) is 11.7 Å². The molecular formula is C21H24N6O2. The Hall–Kier alpha value is -3.29. The zero-order chi connectivity index (χ0) is 20.4. The largest absolute Gasteiger partial charge is 0.339 e. The summed E-state index contributed by atoms with van der Waals surface area (Å²) >= 11 is 0. The molecule has 29 heavy (non-hydrogen) atoms. The second kappa shape index (κ2) is 7.98. The number of likely N-dealkylation sites (tertiary alicyclic amines) is 1. The van der Waals surface area contributed by atoms with Crippen LogP contribution in [0.4, 0.5) is 5.69 Å². The Bertz CT molecular complexity index is 1050. The first-order chi connectivity index (χ1) is 14.0.